The second kappa shape index (κ2) is 7.06. The van der Waals surface area contributed by atoms with Crippen molar-refractivity contribution >= 4 is 16.7 Å². The molecule has 2 aromatic carbocycles. The monoisotopic (exact) mass is 375 g/mol. The fourth-order valence-electron chi connectivity index (χ4n) is 4.79. The summed E-state index contributed by atoms with van der Waals surface area (Å²) < 4.78 is 7.57. The maximum atomic E-state index is 12.2. The van der Waals surface area contributed by atoms with E-state index >= 15 is 0 Å². The molecule has 28 heavy (non-hydrogen) atoms. The minimum Gasteiger partial charge on any atom is -0.457 e. The molecular weight excluding hydrogens is 350 g/mol. The zero-order valence-electron chi connectivity index (χ0n) is 16.2. The van der Waals surface area contributed by atoms with Gasteiger partial charge in [0.2, 0.25) is 0 Å². The van der Waals surface area contributed by atoms with Crippen LogP contribution >= 0.6 is 0 Å². The predicted octanol–water partition coefficient (Wildman–Crippen LogP) is 4.11. The first kappa shape index (κ1) is 17.4. The molecule has 1 saturated heterocycles. The lowest BCUT2D eigenvalue weighted by atomic mass is 9.92. The Morgan fingerprint density at radius 1 is 1.25 bits per heavy atom. The van der Waals surface area contributed by atoms with E-state index in [2.05, 4.69) is 45.8 Å². The van der Waals surface area contributed by atoms with Gasteiger partial charge in [-0.15, -0.1) is 0 Å². The summed E-state index contributed by atoms with van der Waals surface area (Å²) in [6.07, 6.45) is 6.39. The molecule has 1 fully saturated rings. The van der Waals surface area contributed by atoms with Crippen LogP contribution in [0.5, 0.6) is 0 Å². The van der Waals surface area contributed by atoms with Crippen LogP contribution in [0.25, 0.3) is 10.8 Å². The maximum absolute atomic E-state index is 12.2. The number of imidazole rings is 1. The van der Waals surface area contributed by atoms with Gasteiger partial charge in [-0.2, -0.15) is 0 Å². The van der Waals surface area contributed by atoms with Crippen LogP contribution in [-0.2, 0) is 24.4 Å². The van der Waals surface area contributed by atoms with Crippen molar-refractivity contribution in [2.75, 3.05) is 13.1 Å². The Morgan fingerprint density at radius 3 is 3.07 bits per heavy atom. The molecule has 0 unspecified atom stereocenters. The average molecular weight is 375 g/mol. The number of cyclic esters (lactones) is 1. The number of benzene rings is 2. The lowest BCUT2D eigenvalue weighted by Gasteiger charge is -2.33. The highest BCUT2D eigenvalue weighted by Gasteiger charge is 2.26. The Balaban J connectivity index is 1.44. The van der Waals surface area contributed by atoms with Crippen LogP contribution in [0, 0.1) is 0 Å². The van der Waals surface area contributed by atoms with Crippen LogP contribution in [0.1, 0.15) is 53.0 Å². The van der Waals surface area contributed by atoms with Gasteiger partial charge in [-0.05, 0) is 48.9 Å². The van der Waals surface area contributed by atoms with E-state index in [1.807, 2.05) is 18.3 Å². The number of aromatic nitrogens is 2. The SMILES string of the molecule is CCn1ccnc1[C@@H]1CCCN(Cc2ccc3c4c(cccc24)C(=O)OC3)C1. The summed E-state index contributed by atoms with van der Waals surface area (Å²) in [5.41, 5.74) is 3.09. The van der Waals surface area contributed by atoms with Crippen molar-refractivity contribution in [2.24, 2.45) is 0 Å². The van der Waals surface area contributed by atoms with Crippen molar-refractivity contribution in [3.8, 4) is 0 Å². The number of likely N-dealkylation sites (tertiary alicyclic amines) is 1. The molecule has 3 heterocycles. The summed E-state index contributed by atoms with van der Waals surface area (Å²) in [4.78, 5) is 19.3. The number of hydrogen-bond acceptors (Lipinski definition) is 4. The number of aryl methyl sites for hydroxylation is 1. The van der Waals surface area contributed by atoms with Gasteiger partial charge in [-0.25, -0.2) is 9.78 Å². The molecule has 3 aromatic rings. The van der Waals surface area contributed by atoms with E-state index < -0.39 is 0 Å². The predicted molar refractivity (Wildman–Crippen MR) is 108 cm³/mol. The lowest BCUT2D eigenvalue weighted by molar-refractivity contribution is 0.0463. The summed E-state index contributed by atoms with van der Waals surface area (Å²) >= 11 is 0. The molecule has 2 aliphatic rings. The van der Waals surface area contributed by atoms with Gasteiger partial charge in [0.15, 0.2) is 0 Å². The molecule has 1 aromatic heterocycles. The van der Waals surface area contributed by atoms with E-state index in [1.165, 1.54) is 29.6 Å². The molecule has 2 aliphatic heterocycles. The van der Waals surface area contributed by atoms with Crippen molar-refractivity contribution in [3.63, 3.8) is 0 Å². The minimum absolute atomic E-state index is 0.209. The summed E-state index contributed by atoms with van der Waals surface area (Å²) in [5.74, 6) is 1.49. The number of piperidine rings is 1. The molecule has 0 spiro atoms. The highest BCUT2D eigenvalue weighted by Crippen LogP contribution is 2.33. The highest BCUT2D eigenvalue weighted by molar-refractivity contribution is 6.08. The first-order valence-corrected chi connectivity index (χ1v) is 10.2. The van der Waals surface area contributed by atoms with Crippen LogP contribution < -0.4 is 0 Å². The number of ether oxygens (including phenoxy) is 1. The first-order valence-electron chi connectivity index (χ1n) is 10.2. The third kappa shape index (κ3) is 2.90. The zero-order valence-corrected chi connectivity index (χ0v) is 16.2. The van der Waals surface area contributed by atoms with Crippen molar-refractivity contribution in [2.45, 2.75) is 45.4 Å². The molecule has 5 nitrogen and oxygen atoms in total. The molecule has 5 rings (SSSR count). The summed E-state index contributed by atoms with van der Waals surface area (Å²) in [7, 11) is 0. The largest absolute Gasteiger partial charge is 0.457 e. The molecule has 0 radical (unpaired) electrons. The number of rotatable bonds is 4. The Bertz CT molecular complexity index is 1040. The number of carbonyl (C=O) groups is 1. The Hall–Kier alpha value is -2.66. The van der Waals surface area contributed by atoms with Crippen molar-refractivity contribution < 1.29 is 9.53 Å². The second-order valence-electron chi connectivity index (χ2n) is 7.83. The van der Waals surface area contributed by atoms with Crippen LogP contribution in [0.4, 0.5) is 0 Å². The van der Waals surface area contributed by atoms with Gasteiger partial charge >= 0.3 is 5.97 Å². The molecule has 1 atom stereocenters. The molecule has 5 heteroatoms. The van der Waals surface area contributed by atoms with Crippen molar-refractivity contribution in [1.82, 2.24) is 14.5 Å². The molecule has 0 bridgehead atoms. The summed E-state index contributed by atoms with van der Waals surface area (Å²) in [6.45, 7) is 6.55. The Morgan fingerprint density at radius 2 is 2.18 bits per heavy atom. The van der Waals surface area contributed by atoms with E-state index in [4.69, 9.17) is 4.74 Å². The normalized spacial score (nSPS) is 19.8. The average Bonchev–Trinajstić information content (AvgIpc) is 3.21. The van der Waals surface area contributed by atoms with Gasteiger partial charge in [0.1, 0.15) is 12.4 Å². The van der Waals surface area contributed by atoms with Gasteiger partial charge in [-0.3, -0.25) is 4.90 Å². The Kier molecular flexibility index (Phi) is 4.40. The molecule has 0 N–H and O–H groups in total. The smallest absolute Gasteiger partial charge is 0.339 e. The fraction of sp³-hybridized carbons (Fsp3) is 0.391. The minimum atomic E-state index is -0.209. The van der Waals surface area contributed by atoms with E-state index in [1.54, 1.807) is 0 Å². The van der Waals surface area contributed by atoms with Crippen LogP contribution in [0.2, 0.25) is 0 Å². The van der Waals surface area contributed by atoms with E-state index in [0.29, 0.717) is 18.1 Å². The molecule has 0 amide bonds. The van der Waals surface area contributed by atoms with Crippen LogP contribution in [-0.4, -0.2) is 33.5 Å². The quantitative estimate of drug-likeness (QED) is 0.644. The number of nitrogens with zero attached hydrogens (tertiary/aromatic N) is 3. The zero-order chi connectivity index (χ0) is 19.1. The molecule has 0 aliphatic carbocycles. The van der Waals surface area contributed by atoms with E-state index in [-0.39, 0.29) is 5.97 Å². The van der Waals surface area contributed by atoms with Gasteiger partial charge in [-0.1, -0.05) is 24.3 Å². The molecule has 144 valence electrons. The van der Waals surface area contributed by atoms with Gasteiger partial charge < -0.3 is 9.30 Å². The lowest BCUT2D eigenvalue weighted by Crippen LogP contribution is -2.35. The number of hydrogen-bond donors (Lipinski definition) is 0. The van der Waals surface area contributed by atoms with Gasteiger partial charge in [0.05, 0.1) is 5.56 Å². The molecular formula is C23H25N3O2. The topological polar surface area (TPSA) is 47.4 Å². The van der Waals surface area contributed by atoms with E-state index in [0.717, 1.165) is 37.1 Å². The Labute approximate surface area is 164 Å². The van der Waals surface area contributed by atoms with E-state index in [9.17, 15) is 4.79 Å². The number of esters is 1. The summed E-state index contributed by atoms with van der Waals surface area (Å²) in [6, 6.07) is 10.3. The second-order valence-corrected chi connectivity index (χ2v) is 7.83. The standard InChI is InChI=1S/C23H25N3O2/c1-2-26-12-10-24-22(26)17-5-4-11-25(14-17)13-16-8-9-18-15-28-23(27)20-7-3-6-19(16)21(18)20/h3,6-10,12,17H,2,4-5,11,13-15H2,1H3/t17-/m1/s1. The van der Waals surface area contributed by atoms with Crippen LogP contribution in [0.15, 0.2) is 42.7 Å². The first-order chi connectivity index (χ1) is 13.7. The fourth-order valence-corrected chi connectivity index (χ4v) is 4.79. The van der Waals surface area contributed by atoms with Gasteiger partial charge in [0.25, 0.3) is 0 Å². The highest BCUT2D eigenvalue weighted by atomic mass is 16.5. The summed E-state index contributed by atoms with van der Waals surface area (Å²) in [5, 5.41) is 2.26. The van der Waals surface area contributed by atoms with Crippen LogP contribution in [0.3, 0.4) is 0 Å². The third-order valence-corrected chi connectivity index (χ3v) is 6.15. The molecule has 0 saturated carbocycles. The van der Waals surface area contributed by atoms with Crippen molar-refractivity contribution in [1.29, 1.82) is 0 Å². The number of carbonyl (C=O) groups excluding carboxylic acids is 1. The van der Waals surface area contributed by atoms with Crippen molar-refractivity contribution in [3.05, 3.63) is 65.2 Å². The van der Waals surface area contributed by atoms with Gasteiger partial charge in [0, 0.05) is 43.3 Å². The maximum Gasteiger partial charge on any atom is 0.339 e. The third-order valence-electron chi connectivity index (χ3n) is 6.15.